The Labute approximate surface area is 137 Å². The van der Waals surface area contributed by atoms with E-state index in [1.807, 2.05) is 0 Å². The maximum absolute atomic E-state index is 12.5. The lowest BCUT2D eigenvalue weighted by Gasteiger charge is -2.10. The molecular formula is C13H11ClN6O2S. The molecular weight excluding hydrogens is 340 g/mol. The zero-order valence-electron chi connectivity index (χ0n) is 11.9. The van der Waals surface area contributed by atoms with Crippen LogP contribution in [0.2, 0.25) is 5.02 Å². The molecule has 0 aliphatic rings. The van der Waals surface area contributed by atoms with Crippen molar-refractivity contribution in [2.45, 2.75) is 11.8 Å². The molecule has 23 heavy (non-hydrogen) atoms. The molecule has 2 heterocycles. The molecule has 8 nitrogen and oxygen atoms in total. The van der Waals surface area contributed by atoms with Crippen LogP contribution in [0.5, 0.6) is 0 Å². The molecule has 2 aromatic heterocycles. The minimum Gasteiger partial charge on any atom is -0.263 e. The highest BCUT2D eigenvalue weighted by Crippen LogP contribution is 2.22. The molecule has 0 aliphatic carbocycles. The number of hydrogen-bond donors (Lipinski definition) is 1. The zero-order chi connectivity index (χ0) is 16.4. The zero-order valence-corrected chi connectivity index (χ0v) is 13.5. The van der Waals surface area contributed by atoms with Gasteiger partial charge in [-0.15, -0.1) is 0 Å². The number of hydrogen-bond acceptors (Lipinski definition) is 6. The van der Waals surface area contributed by atoms with Crippen molar-refractivity contribution in [1.29, 1.82) is 0 Å². The molecule has 0 atom stereocenters. The van der Waals surface area contributed by atoms with Gasteiger partial charge in [0.15, 0.2) is 5.82 Å². The van der Waals surface area contributed by atoms with Gasteiger partial charge in [0.05, 0.1) is 4.90 Å². The van der Waals surface area contributed by atoms with Crippen LogP contribution >= 0.6 is 11.6 Å². The van der Waals surface area contributed by atoms with Crippen molar-refractivity contribution < 1.29 is 8.42 Å². The third-order valence-corrected chi connectivity index (χ3v) is 4.72. The van der Waals surface area contributed by atoms with Gasteiger partial charge in [-0.05, 0) is 24.6 Å². The Balaban J connectivity index is 1.95. The van der Waals surface area contributed by atoms with Gasteiger partial charge in [0.1, 0.15) is 24.8 Å². The Bertz CT molecular complexity index is 943. The third-order valence-electron chi connectivity index (χ3n) is 2.98. The van der Waals surface area contributed by atoms with E-state index < -0.39 is 10.0 Å². The number of aromatic nitrogens is 5. The van der Waals surface area contributed by atoms with E-state index in [0.29, 0.717) is 16.4 Å². The number of sulfonamides is 1. The van der Waals surface area contributed by atoms with Crippen molar-refractivity contribution >= 4 is 27.4 Å². The van der Waals surface area contributed by atoms with Crippen molar-refractivity contribution in [3.8, 4) is 5.82 Å². The SMILES string of the molecule is Cc1ccc(Cl)cc1S(=O)(=O)Nc1cc(-n2cncn2)ncn1. The minimum atomic E-state index is -3.82. The summed E-state index contributed by atoms with van der Waals surface area (Å²) in [7, 11) is -3.82. The van der Waals surface area contributed by atoms with Crippen LogP contribution in [-0.2, 0) is 10.0 Å². The molecule has 0 aliphatic heterocycles. The highest BCUT2D eigenvalue weighted by atomic mass is 35.5. The van der Waals surface area contributed by atoms with Crippen molar-refractivity contribution in [3.05, 3.63) is 53.8 Å². The van der Waals surface area contributed by atoms with Gasteiger partial charge >= 0.3 is 0 Å². The molecule has 3 rings (SSSR count). The van der Waals surface area contributed by atoms with Gasteiger partial charge in [0, 0.05) is 11.1 Å². The van der Waals surface area contributed by atoms with Crippen LogP contribution in [0.15, 0.2) is 48.1 Å². The first-order valence-corrected chi connectivity index (χ1v) is 8.28. The van der Waals surface area contributed by atoms with E-state index in [0.717, 1.165) is 0 Å². The molecule has 118 valence electrons. The fraction of sp³-hybridized carbons (Fsp3) is 0.0769. The highest BCUT2D eigenvalue weighted by molar-refractivity contribution is 7.92. The van der Waals surface area contributed by atoms with Gasteiger partial charge in [-0.2, -0.15) is 5.10 Å². The van der Waals surface area contributed by atoms with Crippen LogP contribution in [-0.4, -0.2) is 33.2 Å². The van der Waals surface area contributed by atoms with Crippen LogP contribution in [0, 0.1) is 6.92 Å². The Kier molecular flexibility index (Phi) is 3.97. The topological polar surface area (TPSA) is 103 Å². The Morgan fingerprint density at radius 1 is 1.17 bits per heavy atom. The number of halogens is 1. The largest absolute Gasteiger partial charge is 0.263 e. The van der Waals surface area contributed by atoms with E-state index in [1.165, 1.54) is 35.8 Å². The number of nitrogens with zero attached hydrogens (tertiary/aromatic N) is 5. The van der Waals surface area contributed by atoms with E-state index in [4.69, 9.17) is 11.6 Å². The predicted molar refractivity (Wildman–Crippen MR) is 83.9 cm³/mol. The molecule has 3 aromatic rings. The number of benzene rings is 1. The Morgan fingerprint density at radius 2 is 2.00 bits per heavy atom. The summed E-state index contributed by atoms with van der Waals surface area (Å²) in [6.45, 7) is 1.69. The maximum Gasteiger partial charge on any atom is 0.263 e. The lowest BCUT2D eigenvalue weighted by molar-refractivity contribution is 0.600. The molecule has 1 aromatic carbocycles. The summed E-state index contributed by atoms with van der Waals surface area (Å²) in [5.74, 6) is 0.503. The van der Waals surface area contributed by atoms with E-state index in [9.17, 15) is 8.42 Å². The minimum absolute atomic E-state index is 0.0888. The van der Waals surface area contributed by atoms with Crippen LogP contribution in [0.1, 0.15) is 5.56 Å². The molecule has 1 N–H and O–H groups in total. The van der Waals surface area contributed by atoms with E-state index in [1.54, 1.807) is 19.1 Å². The van der Waals surface area contributed by atoms with Crippen molar-refractivity contribution in [2.24, 2.45) is 0 Å². The average Bonchev–Trinajstić information content (AvgIpc) is 3.04. The van der Waals surface area contributed by atoms with Gasteiger partial charge in [0.25, 0.3) is 10.0 Å². The lowest BCUT2D eigenvalue weighted by atomic mass is 10.2. The molecule has 0 saturated heterocycles. The third kappa shape index (κ3) is 3.30. The Hall–Kier alpha value is -2.52. The quantitative estimate of drug-likeness (QED) is 0.769. The van der Waals surface area contributed by atoms with Crippen LogP contribution < -0.4 is 4.72 Å². The standard InChI is InChI=1S/C13H11ClN6O2S/c1-9-2-3-10(14)4-11(9)23(21,22)19-12-5-13(17-7-16-12)20-8-15-6-18-20/h2-8H,1H3,(H,16,17,19). The summed E-state index contributed by atoms with van der Waals surface area (Å²) >= 11 is 5.88. The van der Waals surface area contributed by atoms with Crippen molar-refractivity contribution in [1.82, 2.24) is 24.7 Å². The molecule has 0 amide bonds. The van der Waals surface area contributed by atoms with Crippen LogP contribution in [0.3, 0.4) is 0 Å². The highest BCUT2D eigenvalue weighted by Gasteiger charge is 2.18. The van der Waals surface area contributed by atoms with Crippen LogP contribution in [0.25, 0.3) is 5.82 Å². The van der Waals surface area contributed by atoms with Crippen LogP contribution in [0.4, 0.5) is 5.82 Å². The Morgan fingerprint density at radius 3 is 2.74 bits per heavy atom. The molecule has 0 unspecified atom stereocenters. The summed E-state index contributed by atoms with van der Waals surface area (Å²) in [4.78, 5) is 11.8. The van der Waals surface area contributed by atoms with Crippen molar-refractivity contribution in [3.63, 3.8) is 0 Å². The van der Waals surface area contributed by atoms with Gasteiger partial charge < -0.3 is 0 Å². The maximum atomic E-state index is 12.5. The van der Waals surface area contributed by atoms with Gasteiger partial charge in [0.2, 0.25) is 0 Å². The first-order chi connectivity index (χ1) is 11.0. The predicted octanol–water partition coefficient (Wildman–Crippen LogP) is 1.82. The van der Waals surface area contributed by atoms with E-state index >= 15 is 0 Å². The smallest absolute Gasteiger partial charge is 0.263 e. The molecule has 0 bridgehead atoms. The second kappa shape index (κ2) is 5.94. The fourth-order valence-corrected chi connectivity index (χ4v) is 3.42. The first-order valence-electron chi connectivity index (χ1n) is 6.42. The second-order valence-corrected chi connectivity index (χ2v) is 6.70. The van der Waals surface area contributed by atoms with Gasteiger partial charge in [-0.1, -0.05) is 17.7 Å². The van der Waals surface area contributed by atoms with Gasteiger partial charge in [-0.3, -0.25) is 4.72 Å². The molecule has 0 spiro atoms. The molecule has 0 fully saturated rings. The molecule has 0 radical (unpaired) electrons. The molecule has 0 saturated carbocycles. The lowest BCUT2D eigenvalue weighted by Crippen LogP contribution is -2.15. The molecule has 10 heteroatoms. The number of nitrogens with one attached hydrogen (secondary N) is 1. The summed E-state index contributed by atoms with van der Waals surface area (Å²) < 4.78 is 28.8. The first kappa shape index (κ1) is 15.4. The van der Waals surface area contributed by atoms with E-state index in [2.05, 4.69) is 24.8 Å². The number of rotatable bonds is 4. The second-order valence-electron chi connectivity index (χ2n) is 4.62. The fourth-order valence-electron chi connectivity index (χ4n) is 1.91. The summed E-state index contributed by atoms with van der Waals surface area (Å²) in [6, 6.07) is 6.10. The van der Waals surface area contributed by atoms with E-state index in [-0.39, 0.29) is 10.7 Å². The normalized spacial score (nSPS) is 11.4. The summed E-state index contributed by atoms with van der Waals surface area (Å²) in [5, 5.41) is 4.26. The summed E-state index contributed by atoms with van der Waals surface area (Å²) in [6.07, 6.45) is 4.03. The average molecular weight is 351 g/mol. The number of anilines is 1. The number of aryl methyl sites for hydroxylation is 1. The van der Waals surface area contributed by atoms with Gasteiger partial charge in [-0.25, -0.2) is 28.1 Å². The summed E-state index contributed by atoms with van der Waals surface area (Å²) in [5.41, 5.74) is 0.576. The van der Waals surface area contributed by atoms with Crippen molar-refractivity contribution in [2.75, 3.05) is 4.72 Å². The monoisotopic (exact) mass is 350 g/mol.